The lowest BCUT2D eigenvalue weighted by Gasteiger charge is -2.06. The highest BCUT2D eigenvalue weighted by Gasteiger charge is 2.13. The predicted molar refractivity (Wildman–Crippen MR) is 104 cm³/mol. The summed E-state index contributed by atoms with van der Waals surface area (Å²) in [5.41, 5.74) is 3.11. The Morgan fingerprint density at radius 2 is 1.68 bits per heavy atom. The number of aromatic nitrogens is 2. The highest BCUT2D eigenvalue weighted by molar-refractivity contribution is 6.04. The van der Waals surface area contributed by atoms with E-state index in [-0.39, 0.29) is 5.91 Å². The summed E-state index contributed by atoms with van der Waals surface area (Å²) in [6.07, 6.45) is 0. The minimum atomic E-state index is -0.269. The summed E-state index contributed by atoms with van der Waals surface area (Å²) in [5.74, 6) is 0.560. The Bertz CT molecular complexity index is 1160. The van der Waals surface area contributed by atoms with Crippen molar-refractivity contribution in [1.29, 1.82) is 5.26 Å². The van der Waals surface area contributed by atoms with Gasteiger partial charge in [-0.1, -0.05) is 41.6 Å². The van der Waals surface area contributed by atoms with E-state index >= 15 is 0 Å². The number of amides is 1. The van der Waals surface area contributed by atoms with Crippen LogP contribution in [0.25, 0.3) is 22.8 Å². The molecule has 6 heteroatoms. The van der Waals surface area contributed by atoms with E-state index in [9.17, 15) is 4.79 Å². The molecule has 134 valence electrons. The number of nitrogens with zero attached hydrogens (tertiary/aromatic N) is 3. The van der Waals surface area contributed by atoms with Gasteiger partial charge in [0.15, 0.2) is 0 Å². The van der Waals surface area contributed by atoms with Crippen molar-refractivity contribution >= 4 is 11.6 Å². The average molecular weight is 366 g/mol. The minimum absolute atomic E-state index is 0.269. The van der Waals surface area contributed by atoms with Crippen LogP contribution in [0.2, 0.25) is 0 Å². The van der Waals surface area contributed by atoms with Gasteiger partial charge >= 0.3 is 0 Å². The molecule has 0 unspecified atom stereocenters. The molecule has 0 spiro atoms. The zero-order valence-corrected chi connectivity index (χ0v) is 14.7. The van der Waals surface area contributed by atoms with Crippen LogP contribution in [0, 0.1) is 11.3 Å². The highest BCUT2D eigenvalue weighted by Crippen LogP contribution is 2.23. The fourth-order valence-electron chi connectivity index (χ4n) is 2.67. The largest absolute Gasteiger partial charge is 0.334 e. The van der Waals surface area contributed by atoms with Crippen LogP contribution >= 0.6 is 0 Å². The van der Waals surface area contributed by atoms with Crippen LogP contribution in [0.1, 0.15) is 15.9 Å². The van der Waals surface area contributed by atoms with Crippen LogP contribution in [0.5, 0.6) is 0 Å². The molecule has 1 N–H and O–H groups in total. The molecule has 0 radical (unpaired) electrons. The van der Waals surface area contributed by atoms with Gasteiger partial charge in [-0.05, 0) is 42.5 Å². The van der Waals surface area contributed by atoms with Crippen molar-refractivity contribution in [3.05, 3.63) is 90.0 Å². The van der Waals surface area contributed by atoms with Gasteiger partial charge in [0, 0.05) is 22.4 Å². The van der Waals surface area contributed by atoms with Gasteiger partial charge in [0.25, 0.3) is 11.8 Å². The van der Waals surface area contributed by atoms with Crippen molar-refractivity contribution in [3.63, 3.8) is 0 Å². The molecule has 0 bridgehead atoms. The molecule has 1 heterocycles. The first-order valence-electron chi connectivity index (χ1n) is 8.54. The summed E-state index contributed by atoms with van der Waals surface area (Å²) < 4.78 is 5.36. The summed E-state index contributed by atoms with van der Waals surface area (Å²) in [5, 5.41) is 15.7. The second kappa shape index (κ2) is 7.56. The monoisotopic (exact) mass is 366 g/mol. The van der Waals surface area contributed by atoms with E-state index in [1.165, 1.54) is 0 Å². The van der Waals surface area contributed by atoms with Crippen LogP contribution in [0.3, 0.4) is 0 Å². The number of hydrogen-bond acceptors (Lipinski definition) is 5. The highest BCUT2D eigenvalue weighted by atomic mass is 16.5. The van der Waals surface area contributed by atoms with Crippen LogP contribution in [-0.4, -0.2) is 16.0 Å². The van der Waals surface area contributed by atoms with Gasteiger partial charge in [0.2, 0.25) is 5.82 Å². The lowest BCUT2D eigenvalue weighted by atomic mass is 10.1. The third-order valence-corrected chi connectivity index (χ3v) is 4.10. The zero-order chi connectivity index (χ0) is 19.3. The topological polar surface area (TPSA) is 91.8 Å². The standard InChI is InChI=1S/C22H14N4O2/c23-14-15-9-11-19(12-10-15)24-21(27)17-7-4-8-18(13-17)22-25-20(26-28-22)16-5-2-1-3-6-16/h1-13H,(H,24,27). The Morgan fingerprint density at radius 1 is 0.929 bits per heavy atom. The molecule has 3 aromatic carbocycles. The second-order valence-electron chi connectivity index (χ2n) is 6.01. The van der Waals surface area contributed by atoms with Crippen molar-refractivity contribution in [2.75, 3.05) is 5.32 Å². The smallest absolute Gasteiger partial charge is 0.258 e. The maximum Gasteiger partial charge on any atom is 0.258 e. The summed E-state index contributed by atoms with van der Waals surface area (Å²) in [6.45, 7) is 0. The van der Waals surface area contributed by atoms with Crippen LogP contribution in [-0.2, 0) is 0 Å². The van der Waals surface area contributed by atoms with Crippen molar-refractivity contribution < 1.29 is 9.32 Å². The van der Waals surface area contributed by atoms with Gasteiger partial charge < -0.3 is 9.84 Å². The normalized spacial score (nSPS) is 10.2. The molecule has 1 amide bonds. The van der Waals surface area contributed by atoms with E-state index in [1.807, 2.05) is 36.4 Å². The molecule has 28 heavy (non-hydrogen) atoms. The molecule has 0 aliphatic rings. The van der Waals surface area contributed by atoms with E-state index < -0.39 is 0 Å². The van der Waals surface area contributed by atoms with Crippen LogP contribution in [0.4, 0.5) is 5.69 Å². The summed E-state index contributed by atoms with van der Waals surface area (Å²) in [4.78, 5) is 17.0. The summed E-state index contributed by atoms with van der Waals surface area (Å²) in [7, 11) is 0. The Morgan fingerprint density at radius 3 is 2.43 bits per heavy atom. The lowest BCUT2D eigenvalue weighted by molar-refractivity contribution is 0.102. The van der Waals surface area contributed by atoms with E-state index in [0.29, 0.717) is 34.1 Å². The van der Waals surface area contributed by atoms with Gasteiger partial charge in [-0.3, -0.25) is 4.79 Å². The number of anilines is 1. The first kappa shape index (κ1) is 17.2. The van der Waals surface area contributed by atoms with Gasteiger partial charge in [-0.25, -0.2) is 0 Å². The maximum atomic E-state index is 12.5. The lowest BCUT2D eigenvalue weighted by Crippen LogP contribution is -2.11. The summed E-state index contributed by atoms with van der Waals surface area (Å²) in [6, 6.07) is 25.2. The van der Waals surface area contributed by atoms with Crippen molar-refractivity contribution in [2.45, 2.75) is 0 Å². The molecule has 4 aromatic rings. The number of hydrogen-bond donors (Lipinski definition) is 1. The molecule has 6 nitrogen and oxygen atoms in total. The number of carbonyl (C=O) groups is 1. The Hall–Kier alpha value is -4.24. The molecule has 0 saturated heterocycles. The number of carbonyl (C=O) groups excluding carboxylic acids is 1. The van der Waals surface area contributed by atoms with Crippen LogP contribution < -0.4 is 5.32 Å². The number of nitrogens with one attached hydrogen (secondary N) is 1. The van der Waals surface area contributed by atoms with E-state index in [2.05, 4.69) is 15.5 Å². The third-order valence-electron chi connectivity index (χ3n) is 4.10. The molecule has 4 rings (SSSR count). The molecular formula is C22H14N4O2. The predicted octanol–water partition coefficient (Wildman–Crippen LogP) is 4.53. The molecule has 0 aliphatic heterocycles. The Labute approximate surface area is 161 Å². The quantitative estimate of drug-likeness (QED) is 0.573. The third kappa shape index (κ3) is 3.64. The SMILES string of the molecule is N#Cc1ccc(NC(=O)c2cccc(-c3nc(-c4ccccc4)no3)c2)cc1. The fourth-order valence-corrected chi connectivity index (χ4v) is 2.67. The van der Waals surface area contributed by atoms with Gasteiger partial charge in [-0.15, -0.1) is 0 Å². The zero-order valence-electron chi connectivity index (χ0n) is 14.7. The Kier molecular flexibility index (Phi) is 4.64. The molecule has 1 aromatic heterocycles. The number of nitriles is 1. The average Bonchev–Trinajstić information content (AvgIpc) is 3.25. The first-order chi connectivity index (χ1) is 13.7. The first-order valence-corrected chi connectivity index (χ1v) is 8.54. The van der Waals surface area contributed by atoms with E-state index in [0.717, 1.165) is 5.56 Å². The number of rotatable bonds is 4. The van der Waals surface area contributed by atoms with Gasteiger partial charge in [-0.2, -0.15) is 10.2 Å². The van der Waals surface area contributed by atoms with Gasteiger partial charge in [0.05, 0.1) is 11.6 Å². The molecular weight excluding hydrogens is 352 g/mol. The van der Waals surface area contributed by atoms with E-state index in [1.54, 1.807) is 48.5 Å². The molecule has 0 fully saturated rings. The van der Waals surface area contributed by atoms with Gasteiger partial charge in [0.1, 0.15) is 0 Å². The molecule has 0 atom stereocenters. The van der Waals surface area contributed by atoms with Crippen molar-refractivity contribution in [2.24, 2.45) is 0 Å². The van der Waals surface area contributed by atoms with Crippen molar-refractivity contribution in [1.82, 2.24) is 10.1 Å². The number of benzene rings is 3. The fraction of sp³-hybridized carbons (Fsp3) is 0. The van der Waals surface area contributed by atoms with Crippen LogP contribution in [0.15, 0.2) is 83.4 Å². The van der Waals surface area contributed by atoms with Crippen molar-refractivity contribution in [3.8, 4) is 28.9 Å². The van der Waals surface area contributed by atoms with E-state index in [4.69, 9.17) is 9.78 Å². The minimum Gasteiger partial charge on any atom is -0.334 e. The molecule has 0 saturated carbocycles. The second-order valence-corrected chi connectivity index (χ2v) is 6.01. The maximum absolute atomic E-state index is 12.5. The summed E-state index contributed by atoms with van der Waals surface area (Å²) >= 11 is 0. The Balaban J connectivity index is 1.55. The molecule has 0 aliphatic carbocycles.